The van der Waals surface area contributed by atoms with Gasteiger partial charge in [-0.05, 0) is 24.5 Å². The number of amides is 1. The number of para-hydroxylation sites is 1. The van der Waals surface area contributed by atoms with Crippen LogP contribution in [0.15, 0.2) is 24.3 Å². The number of aryl methyl sites for hydroxylation is 1. The first-order chi connectivity index (χ1) is 7.33. The molecule has 1 aromatic carbocycles. The molecule has 1 amide bonds. The van der Waals surface area contributed by atoms with Gasteiger partial charge >= 0.3 is 0 Å². The molecule has 15 heavy (non-hydrogen) atoms. The van der Waals surface area contributed by atoms with E-state index in [-0.39, 0.29) is 12.5 Å². The predicted octanol–water partition coefficient (Wildman–Crippen LogP) is 1.88. The fourth-order valence-corrected chi connectivity index (χ4v) is 1.93. The van der Waals surface area contributed by atoms with Crippen LogP contribution >= 0.6 is 0 Å². The van der Waals surface area contributed by atoms with E-state index in [0.717, 1.165) is 18.5 Å². The van der Waals surface area contributed by atoms with Crippen LogP contribution in [-0.2, 0) is 11.2 Å². The van der Waals surface area contributed by atoms with Crippen molar-refractivity contribution in [1.29, 1.82) is 5.26 Å². The monoisotopic (exact) mass is 200 g/mol. The lowest BCUT2D eigenvalue weighted by atomic mass is 10.1. The number of nitriles is 1. The van der Waals surface area contributed by atoms with E-state index in [1.54, 1.807) is 4.90 Å². The van der Waals surface area contributed by atoms with Gasteiger partial charge in [-0.15, -0.1) is 0 Å². The van der Waals surface area contributed by atoms with Crippen LogP contribution in [0.5, 0.6) is 0 Å². The molecule has 0 spiro atoms. The minimum atomic E-state index is 0.0569. The third kappa shape index (κ3) is 1.84. The highest BCUT2D eigenvalue weighted by molar-refractivity contribution is 5.95. The third-order valence-electron chi connectivity index (χ3n) is 2.65. The molecule has 1 heterocycles. The minimum absolute atomic E-state index is 0.0569. The van der Waals surface area contributed by atoms with Gasteiger partial charge in [0.1, 0.15) is 6.54 Å². The van der Waals surface area contributed by atoms with E-state index in [4.69, 9.17) is 5.26 Å². The number of nitrogens with zero attached hydrogens (tertiary/aromatic N) is 2. The van der Waals surface area contributed by atoms with Gasteiger partial charge in [0.2, 0.25) is 5.91 Å². The highest BCUT2D eigenvalue weighted by Gasteiger charge is 2.20. The summed E-state index contributed by atoms with van der Waals surface area (Å²) in [6.07, 6.45) is 2.33. The summed E-state index contributed by atoms with van der Waals surface area (Å²) in [5.74, 6) is 0.0569. The molecule has 0 aromatic heterocycles. The maximum Gasteiger partial charge on any atom is 0.227 e. The Labute approximate surface area is 88.9 Å². The van der Waals surface area contributed by atoms with E-state index < -0.39 is 0 Å². The van der Waals surface area contributed by atoms with Crippen LogP contribution in [0.3, 0.4) is 0 Å². The summed E-state index contributed by atoms with van der Waals surface area (Å²) in [6, 6.07) is 9.86. The van der Waals surface area contributed by atoms with Crippen molar-refractivity contribution in [3.8, 4) is 6.07 Å². The van der Waals surface area contributed by atoms with Crippen molar-refractivity contribution in [2.45, 2.75) is 19.3 Å². The molecule has 0 atom stereocenters. The lowest BCUT2D eigenvalue weighted by Gasteiger charge is -2.19. The van der Waals surface area contributed by atoms with E-state index in [1.807, 2.05) is 30.3 Å². The molecule has 2 rings (SSSR count). The van der Waals surface area contributed by atoms with Gasteiger partial charge in [-0.2, -0.15) is 5.26 Å². The zero-order chi connectivity index (χ0) is 10.7. The van der Waals surface area contributed by atoms with Gasteiger partial charge in [-0.25, -0.2) is 0 Å². The number of carbonyl (C=O) groups excluding carboxylic acids is 1. The van der Waals surface area contributed by atoms with Crippen LogP contribution in [0.4, 0.5) is 5.69 Å². The maximum atomic E-state index is 11.7. The summed E-state index contributed by atoms with van der Waals surface area (Å²) in [6.45, 7) is 0.149. The molecule has 0 radical (unpaired) electrons. The standard InChI is InChI=1S/C12H12N2O/c13-8-9-14-11-6-2-1-4-10(11)5-3-7-12(14)15/h1-2,4,6H,3,5,7,9H2. The van der Waals surface area contributed by atoms with E-state index in [1.165, 1.54) is 5.56 Å². The number of rotatable bonds is 1. The Balaban J connectivity index is 2.43. The molecule has 3 heteroatoms. The number of anilines is 1. The average molecular weight is 200 g/mol. The molecule has 0 fully saturated rings. The van der Waals surface area contributed by atoms with Crippen molar-refractivity contribution < 1.29 is 4.79 Å². The van der Waals surface area contributed by atoms with E-state index in [9.17, 15) is 4.79 Å². The Morgan fingerprint density at radius 3 is 2.93 bits per heavy atom. The van der Waals surface area contributed by atoms with Gasteiger partial charge in [0.25, 0.3) is 0 Å². The highest BCUT2D eigenvalue weighted by Crippen LogP contribution is 2.26. The van der Waals surface area contributed by atoms with Gasteiger partial charge in [-0.3, -0.25) is 9.69 Å². The first-order valence-corrected chi connectivity index (χ1v) is 5.08. The Morgan fingerprint density at radius 2 is 2.13 bits per heavy atom. The molecule has 0 N–H and O–H groups in total. The fourth-order valence-electron chi connectivity index (χ4n) is 1.93. The molecule has 1 aliphatic rings. The molecular weight excluding hydrogens is 188 g/mol. The normalized spacial score (nSPS) is 15.4. The SMILES string of the molecule is N#CCN1C(=O)CCCc2ccccc21. The predicted molar refractivity (Wildman–Crippen MR) is 57.3 cm³/mol. The number of fused-ring (bicyclic) bond motifs is 1. The van der Waals surface area contributed by atoms with Crippen LogP contribution in [-0.4, -0.2) is 12.5 Å². The van der Waals surface area contributed by atoms with E-state index in [2.05, 4.69) is 0 Å². The summed E-state index contributed by atoms with van der Waals surface area (Å²) in [7, 11) is 0. The summed E-state index contributed by atoms with van der Waals surface area (Å²) >= 11 is 0. The van der Waals surface area contributed by atoms with Gasteiger partial charge in [0.05, 0.1) is 6.07 Å². The van der Waals surface area contributed by atoms with Gasteiger partial charge in [0, 0.05) is 12.1 Å². The number of hydrogen-bond donors (Lipinski definition) is 0. The number of hydrogen-bond acceptors (Lipinski definition) is 2. The summed E-state index contributed by atoms with van der Waals surface area (Å²) in [4.78, 5) is 13.3. The molecule has 0 bridgehead atoms. The molecule has 0 saturated carbocycles. The molecule has 3 nitrogen and oxygen atoms in total. The number of benzene rings is 1. The van der Waals surface area contributed by atoms with Gasteiger partial charge < -0.3 is 0 Å². The van der Waals surface area contributed by atoms with Crippen molar-refractivity contribution in [2.75, 3.05) is 11.4 Å². The molecule has 0 saturated heterocycles. The second-order valence-electron chi connectivity index (χ2n) is 3.62. The van der Waals surface area contributed by atoms with E-state index >= 15 is 0 Å². The van der Waals surface area contributed by atoms with Crippen LogP contribution in [0.25, 0.3) is 0 Å². The average Bonchev–Trinajstić information content (AvgIpc) is 2.40. The molecule has 1 aromatic rings. The molecule has 0 aliphatic carbocycles. The highest BCUT2D eigenvalue weighted by atomic mass is 16.2. The largest absolute Gasteiger partial charge is 0.298 e. The van der Waals surface area contributed by atoms with Crippen molar-refractivity contribution in [1.82, 2.24) is 0 Å². The molecular formula is C12H12N2O. The molecule has 0 unspecified atom stereocenters. The van der Waals surface area contributed by atoms with Crippen LogP contribution in [0, 0.1) is 11.3 Å². The summed E-state index contributed by atoms with van der Waals surface area (Å²) in [5.41, 5.74) is 2.07. The lowest BCUT2D eigenvalue weighted by Crippen LogP contribution is -2.30. The quantitative estimate of drug-likeness (QED) is 0.650. The van der Waals surface area contributed by atoms with Crippen molar-refractivity contribution in [2.24, 2.45) is 0 Å². The van der Waals surface area contributed by atoms with Crippen molar-refractivity contribution in [3.63, 3.8) is 0 Å². The van der Waals surface area contributed by atoms with Crippen LogP contribution in [0.2, 0.25) is 0 Å². The fraction of sp³-hybridized carbons (Fsp3) is 0.333. The first-order valence-electron chi connectivity index (χ1n) is 5.08. The zero-order valence-electron chi connectivity index (χ0n) is 8.44. The lowest BCUT2D eigenvalue weighted by molar-refractivity contribution is -0.118. The van der Waals surface area contributed by atoms with Crippen molar-refractivity contribution in [3.05, 3.63) is 29.8 Å². The molecule has 1 aliphatic heterocycles. The minimum Gasteiger partial charge on any atom is -0.298 e. The Kier molecular flexibility index (Phi) is 2.68. The Bertz CT molecular complexity index is 420. The van der Waals surface area contributed by atoms with Crippen LogP contribution in [0.1, 0.15) is 18.4 Å². The Morgan fingerprint density at radius 1 is 1.33 bits per heavy atom. The third-order valence-corrected chi connectivity index (χ3v) is 2.65. The van der Waals surface area contributed by atoms with Crippen LogP contribution < -0.4 is 4.90 Å². The second-order valence-corrected chi connectivity index (χ2v) is 3.62. The summed E-state index contributed by atoms with van der Waals surface area (Å²) < 4.78 is 0. The second kappa shape index (κ2) is 4.14. The van der Waals surface area contributed by atoms with E-state index in [0.29, 0.717) is 6.42 Å². The van der Waals surface area contributed by atoms with Gasteiger partial charge in [-0.1, -0.05) is 18.2 Å². The maximum absolute atomic E-state index is 11.7. The van der Waals surface area contributed by atoms with Crippen molar-refractivity contribution >= 4 is 11.6 Å². The van der Waals surface area contributed by atoms with Gasteiger partial charge in [0.15, 0.2) is 0 Å². The smallest absolute Gasteiger partial charge is 0.227 e. The molecule has 76 valence electrons. The summed E-state index contributed by atoms with van der Waals surface area (Å²) in [5, 5.41) is 8.71. The zero-order valence-corrected chi connectivity index (χ0v) is 8.44. The first kappa shape index (κ1) is 9.72. The number of carbonyl (C=O) groups is 1. The Hall–Kier alpha value is -1.82. The topological polar surface area (TPSA) is 44.1 Å².